The van der Waals surface area contributed by atoms with Crippen molar-refractivity contribution in [3.05, 3.63) is 11.6 Å². The van der Waals surface area contributed by atoms with Gasteiger partial charge in [-0.2, -0.15) is 0 Å². The van der Waals surface area contributed by atoms with Crippen LogP contribution in [0.15, 0.2) is 11.6 Å². The van der Waals surface area contributed by atoms with Crippen molar-refractivity contribution in [3.63, 3.8) is 0 Å². The Hall–Kier alpha value is -0.960. The molecule has 1 amide bonds. The van der Waals surface area contributed by atoms with Crippen molar-refractivity contribution in [3.8, 4) is 0 Å². The van der Waals surface area contributed by atoms with Gasteiger partial charge in [0.2, 0.25) is 5.91 Å². The van der Waals surface area contributed by atoms with Crippen LogP contribution in [-0.2, 0) is 28.8 Å². The maximum atomic E-state index is 12.8. The molecular formula is C35H53NO6S. The summed E-state index contributed by atoms with van der Waals surface area (Å²) in [5.41, 5.74) is 2.73. The van der Waals surface area contributed by atoms with E-state index in [1.54, 1.807) is 0 Å². The molecule has 8 aliphatic rings. The Kier molecular flexibility index (Phi) is 7.03. The summed E-state index contributed by atoms with van der Waals surface area (Å²) in [5.74, 6) is 3.71. The molecule has 2 heterocycles. The second kappa shape index (κ2) is 10.3. The fourth-order valence-electron chi connectivity index (χ4n) is 12.3. The first-order valence-corrected chi connectivity index (χ1v) is 19.7. The number of carbonyl (C=O) groups is 1. The SMILES string of the molecule is C/C=C1/C(OC2CN(C(=O)CC3CC3)CCO2)CCC23CC24CCC2(C)C5CCC(CS(C)(=O)=O)OC5CC2C4CCC13. The molecule has 8 rings (SSSR count). The maximum Gasteiger partial charge on any atom is 0.223 e. The molecule has 8 fully saturated rings. The molecule has 6 saturated carbocycles. The van der Waals surface area contributed by atoms with Gasteiger partial charge in [0, 0.05) is 19.2 Å². The first kappa shape index (κ1) is 29.4. The molecule has 240 valence electrons. The van der Waals surface area contributed by atoms with Gasteiger partial charge in [-0.25, -0.2) is 8.42 Å². The molecule has 11 atom stereocenters. The van der Waals surface area contributed by atoms with Crippen LogP contribution in [0.4, 0.5) is 0 Å². The van der Waals surface area contributed by atoms with Crippen LogP contribution in [0.3, 0.4) is 0 Å². The van der Waals surface area contributed by atoms with Crippen LogP contribution >= 0.6 is 0 Å². The Morgan fingerprint density at radius 3 is 2.60 bits per heavy atom. The van der Waals surface area contributed by atoms with E-state index in [1.165, 1.54) is 63.2 Å². The Morgan fingerprint density at radius 1 is 1.02 bits per heavy atom. The summed E-state index contributed by atoms with van der Waals surface area (Å²) in [7, 11) is -3.03. The summed E-state index contributed by atoms with van der Waals surface area (Å²) < 4.78 is 43.5. The van der Waals surface area contributed by atoms with E-state index >= 15 is 0 Å². The van der Waals surface area contributed by atoms with Gasteiger partial charge in [-0.3, -0.25) is 4.79 Å². The highest BCUT2D eigenvalue weighted by Crippen LogP contribution is 2.86. The Balaban J connectivity index is 0.953. The summed E-state index contributed by atoms with van der Waals surface area (Å²) in [6.45, 7) is 6.60. The highest BCUT2D eigenvalue weighted by atomic mass is 32.2. The van der Waals surface area contributed by atoms with Crippen LogP contribution < -0.4 is 0 Å². The molecule has 2 saturated heterocycles. The van der Waals surface area contributed by atoms with E-state index < -0.39 is 9.84 Å². The number of sulfone groups is 1. The molecule has 0 aromatic carbocycles. The largest absolute Gasteiger partial charge is 0.374 e. The minimum Gasteiger partial charge on any atom is -0.374 e. The van der Waals surface area contributed by atoms with E-state index in [0.717, 1.165) is 31.6 Å². The van der Waals surface area contributed by atoms with Gasteiger partial charge in [-0.05, 0) is 135 Å². The number of ether oxygens (including phenoxy) is 3. The predicted octanol–water partition coefficient (Wildman–Crippen LogP) is 5.53. The summed E-state index contributed by atoms with van der Waals surface area (Å²) in [4.78, 5) is 14.8. The van der Waals surface area contributed by atoms with Gasteiger partial charge in [0.15, 0.2) is 6.29 Å². The topological polar surface area (TPSA) is 82.1 Å². The van der Waals surface area contributed by atoms with Gasteiger partial charge < -0.3 is 19.1 Å². The van der Waals surface area contributed by atoms with Crippen molar-refractivity contribution in [2.45, 2.75) is 122 Å². The molecule has 43 heavy (non-hydrogen) atoms. The third-order valence-electron chi connectivity index (χ3n) is 14.3. The normalized spacial score (nSPS) is 49.8. The highest BCUT2D eigenvalue weighted by Gasteiger charge is 2.79. The molecule has 0 bridgehead atoms. The predicted molar refractivity (Wildman–Crippen MR) is 164 cm³/mol. The second-order valence-electron chi connectivity index (χ2n) is 16.4. The van der Waals surface area contributed by atoms with E-state index in [1.807, 2.05) is 4.90 Å². The lowest BCUT2D eigenvalue weighted by Gasteiger charge is -2.56. The zero-order valence-electron chi connectivity index (χ0n) is 26.6. The molecule has 7 nitrogen and oxygen atoms in total. The number of fused-ring (bicyclic) bond motifs is 4. The second-order valence-corrected chi connectivity index (χ2v) is 18.6. The molecule has 0 N–H and O–H groups in total. The average molecular weight is 616 g/mol. The van der Waals surface area contributed by atoms with Crippen LogP contribution in [-0.4, -0.2) is 75.5 Å². The fraction of sp³-hybridized carbons (Fsp3) is 0.914. The Morgan fingerprint density at radius 2 is 1.84 bits per heavy atom. The monoisotopic (exact) mass is 615 g/mol. The first-order valence-electron chi connectivity index (χ1n) is 17.6. The number of hydrogen-bond donors (Lipinski definition) is 0. The molecule has 6 aliphatic carbocycles. The van der Waals surface area contributed by atoms with E-state index in [2.05, 4.69) is 19.9 Å². The lowest BCUT2D eigenvalue weighted by molar-refractivity contribution is -0.205. The van der Waals surface area contributed by atoms with Gasteiger partial charge in [0.25, 0.3) is 0 Å². The fourth-order valence-corrected chi connectivity index (χ4v) is 13.2. The number of morpholine rings is 1. The standard InChI is InChI=1S/C35H53NO6S/c1-4-24-25-9-10-26-28-18-30-27(8-7-23(41-30)20-43(3,38)39)33(28,2)13-14-35(26)21-34(25,35)12-11-29(24)42-32-19-36(15-16-40-32)31(37)17-22-5-6-22/h4,22-23,25-30,32H,5-21H2,1-3H3/b24-4+. The molecule has 0 radical (unpaired) electrons. The minimum atomic E-state index is -3.03. The van der Waals surface area contributed by atoms with Gasteiger partial charge in [0.1, 0.15) is 9.84 Å². The first-order chi connectivity index (χ1) is 20.6. The Bertz CT molecular complexity index is 1280. The molecule has 2 spiro atoms. The smallest absolute Gasteiger partial charge is 0.223 e. The van der Waals surface area contributed by atoms with E-state index in [9.17, 15) is 13.2 Å². The van der Waals surface area contributed by atoms with Gasteiger partial charge in [0.05, 0.1) is 37.2 Å². The van der Waals surface area contributed by atoms with Gasteiger partial charge in [-0.15, -0.1) is 0 Å². The molecule has 8 heteroatoms. The van der Waals surface area contributed by atoms with Crippen molar-refractivity contribution in [2.24, 2.45) is 45.8 Å². The van der Waals surface area contributed by atoms with Crippen molar-refractivity contribution in [2.75, 3.05) is 31.7 Å². The Labute approximate surface area is 258 Å². The number of allylic oxidation sites excluding steroid dienone is 1. The van der Waals surface area contributed by atoms with Crippen LogP contribution in [0.1, 0.15) is 97.3 Å². The number of amides is 1. The lowest BCUT2D eigenvalue weighted by Crippen LogP contribution is -2.51. The molecular weight excluding hydrogens is 562 g/mol. The van der Waals surface area contributed by atoms with Gasteiger partial charge in [-0.1, -0.05) is 13.0 Å². The third-order valence-corrected chi connectivity index (χ3v) is 15.3. The van der Waals surface area contributed by atoms with Crippen LogP contribution in [0.5, 0.6) is 0 Å². The van der Waals surface area contributed by atoms with Crippen LogP contribution in [0.25, 0.3) is 0 Å². The minimum absolute atomic E-state index is 0.0988. The van der Waals surface area contributed by atoms with Crippen molar-refractivity contribution in [1.82, 2.24) is 4.90 Å². The summed E-state index contributed by atoms with van der Waals surface area (Å²) in [6, 6.07) is 0. The van der Waals surface area contributed by atoms with Crippen molar-refractivity contribution >= 4 is 15.7 Å². The number of hydrogen-bond acceptors (Lipinski definition) is 6. The zero-order chi connectivity index (χ0) is 29.8. The van der Waals surface area contributed by atoms with Crippen molar-refractivity contribution < 1.29 is 27.4 Å². The third kappa shape index (κ3) is 4.73. The quantitative estimate of drug-likeness (QED) is 0.366. The number of nitrogens with zero attached hydrogens (tertiary/aromatic N) is 1. The van der Waals surface area contributed by atoms with Gasteiger partial charge >= 0.3 is 0 Å². The van der Waals surface area contributed by atoms with E-state index in [-0.39, 0.29) is 36.3 Å². The molecule has 11 unspecified atom stereocenters. The highest BCUT2D eigenvalue weighted by molar-refractivity contribution is 7.90. The van der Waals surface area contributed by atoms with Crippen LogP contribution in [0, 0.1) is 45.8 Å². The molecule has 0 aromatic rings. The number of carbonyl (C=O) groups excluding carboxylic acids is 1. The van der Waals surface area contributed by atoms with E-state index in [0.29, 0.717) is 66.0 Å². The molecule has 2 aliphatic heterocycles. The summed E-state index contributed by atoms with van der Waals surface area (Å²) >= 11 is 0. The maximum absolute atomic E-state index is 12.8. The lowest BCUT2D eigenvalue weighted by atomic mass is 9.49. The van der Waals surface area contributed by atoms with Crippen molar-refractivity contribution in [1.29, 1.82) is 0 Å². The van der Waals surface area contributed by atoms with Crippen LogP contribution in [0.2, 0.25) is 0 Å². The molecule has 0 aromatic heterocycles. The zero-order valence-corrected chi connectivity index (χ0v) is 27.4. The summed E-state index contributed by atoms with van der Waals surface area (Å²) in [6.07, 6.45) is 18.7. The number of rotatable bonds is 6. The average Bonchev–Trinajstić information content (AvgIpc) is 3.87. The summed E-state index contributed by atoms with van der Waals surface area (Å²) in [5, 5.41) is 0. The van der Waals surface area contributed by atoms with E-state index in [4.69, 9.17) is 14.2 Å².